The Kier molecular flexibility index (Phi) is 4.58. The highest BCUT2D eigenvalue weighted by molar-refractivity contribution is 6.15. The molecule has 0 bridgehead atoms. The average Bonchev–Trinajstić information content (AvgIpc) is 2.45. The molecule has 0 aliphatic heterocycles. The molecular formula is C17H20N2O2. The first-order valence-electron chi connectivity index (χ1n) is 7.20. The molecule has 2 rings (SSSR count). The third-order valence-corrected chi connectivity index (χ3v) is 3.67. The predicted octanol–water partition coefficient (Wildman–Crippen LogP) is 2.77. The fourth-order valence-electron chi connectivity index (χ4n) is 2.71. The van der Waals surface area contributed by atoms with Crippen LogP contribution in [-0.4, -0.2) is 11.8 Å². The molecule has 0 aliphatic carbocycles. The predicted molar refractivity (Wildman–Crippen MR) is 84.2 cm³/mol. The van der Waals surface area contributed by atoms with E-state index in [1.54, 1.807) is 6.07 Å². The summed E-state index contributed by atoms with van der Waals surface area (Å²) in [6, 6.07) is 9.36. The summed E-state index contributed by atoms with van der Waals surface area (Å²) in [5.74, 6) is -1.21. The van der Waals surface area contributed by atoms with E-state index in [1.165, 1.54) is 0 Å². The molecule has 4 nitrogen and oxygen atoms in total. The number of rotatable bonds is 6. The number of benzene rings is 2. The number of primary amides is 2. The van der Waals surface area contributed by atoms with E-state index in [0.717, 1.165) is 36.6 Å². The number of hydrogen-bond acceptors (Lipinski definition) is 2. The van der Waals surface area contributed by atoms with Crippen molar-refractivity contribution in [3.63, 3.8) is 0 Å². The van der Waals surface area contributed by atoms with Gasteiger partial charge in [-0.25, -0.2) is 0 Å². The van der Waals surface area contributed by atoms with Crippen molar-refractivity contribution in [3.8, 4) is 0 Å². The van der Waals surface area contributed by atoms with Gasteiger partial charge in [0, 0.05) is 0 Å². The zero-order chi connectivity index (χ0) is 15.4. The van der Waals surface area contributed by atoms with Gasteiger partial charge < -0.3 is 11.5 Å². The monoisotopic (exact) mass is 284 g/mol. The maximum Gasteiger partial charge on any atom is 0.250 e. The van der Waals surface area contributed by atoms with Gasteiger partial charge in [-0.2, -0.15) is 0 Å². The van der Waals surface area contributed by atoms with Crippen LogP contribution in [0.1, 0.15) is 52.5 Å². The largest absolute Gasteiger partial charge is 0.366 e. The number of aryl methyl sites for hydroxylation is 1. The lowest BCUT2D eigenvalue weighted by Crippen LogP contribution is -2.23. The molecule has 110 valence electrons. The van der Waals surface area contributed by atoms with Gasteiger partial charge in [-0.3, -0.25) is 9.59 Å². The molecule has 2 aromatic rings. The number of amides is 2. The third-order valence-electron chi connectivity index (χ3n) is 3.67. The molecule has 0 radical (unpaired) electrons. The van der Waals surface area contributed by atoms with Crippen LogP contribution in [0.15, 0.2) is 30.3 Å². The number of nitrogens with two attached hydrogens (primary N) is 2. The zero-order valence-corrected chi connectivity index (χ0v) is 12.2. The van der Waals surface area contributed by atoms with Gasteiger partial charge in [0.2, 0.25) is 11.8 Å². The highest BCUT2D eigenvalue weighted by Gasteiger charge is 2.20. The number of carbonyl (C=O) groups is 2. The number of carbonyl (C=O) groups excluding carboxylic acids is 2. The highest BCUT2D eigenvalue weighted by atomic mass is 16.2. The maximum absolute atomic E-state index is 11.8. The SMILES string of the molecule is CCCCCc1cc2ccccc2c(C(N)=O)c1C(N)=O. The standard InChI is InChI=1S/C17H20N2O2/c1-2-3-4-8-12-10-11-7-5-6-9-13(11)15(17(19)21)14(12)16(18)20/h5-7,9-10H,2-4,8H2,1H3,(H2,18,20)(H2,19,21). The van der Waals surface area contributed by atoms with Crippen molar-refractivity contribution in [2.45, 2.75) is 32.6 Å². The van der Waals surface area contributed by atoms with E-state index in [9.17, 15) is 9.59 Å². The van der Waals surface area contributed by atoms with Crippen molar-refractivity contribution in [2.75, 3.05) is 0 Å². The average molecular weight is 284 g/mol. The fourth-order valence-corrected chi connectivity index (χ4v) is 2.71. The quantitative estimate of drug-likeness (QED) is 0.799. The van der Waals surface area contributed by atoms with Crippen molar-refractivity contribution < 1.29 is 9.59 Å². The minimum atomic E-state index is -0.614. The van der Waals surface area contributed by atoms with Gasteiger partial charge in [0.25, 0.3) is 0 Å². The molecule has 4 N–H and O–H groups in total. The fraction of sp³-hybridized carbons (Fsp3) is 0.294. The van der Waals surface area contributed by atoms with E-state index in [2.05, 4.69) is 6.92 Å². The summed E-state index contributed by atoms with van der Waals surface area (Å²) in [7, 11) is 0. The molecule has 21 heavy (non-hydrogen) atoms. The van der Waals surface area contributed by atoms with Gasteiger partial charge >= 0.3 is 0 Å². The molecule has 0 fully saturated rings. The van der Waals surface area contributed by atoms with Crippen LogP contribution in [0.25, 0.3) is 10.8 Å². The zero-order valence-electron chi connectivity index (χ0n) is 12.2. The van der Waals surface area contributed by atoms with Gasteiger partial charge in [0.1, 0.15) is 0 Å². The Labute approximate surface area is 124 Å². The third kappa shape index (κ3) is 3.05. The molecule has 0 saturated carbocycles. The summed E-state index contributed by atoms with van der Waals surface area (Å²) in [5.41, 5.74) is 12.3. The first-order chi connectivity index (χ1) is 10.1. The lowest BCUT2D eigenvalue weighted by molar-refractivity contribution is 0.0967. The van der Waals surface area contributed by atoms with Crippen LogP contribution < -0.4 is 11.5 Å². The minimum absolute atomic E-state index is 0.243. The molecule has 0 spiro atoms. The lowest BCUT2D eigenvalue weighted by atomic mass is 9.90. The Morgan fingerprint density at radius 3 is 2.29 bits per heavy atom. The van der Waals surface area contributed by atoms with Crippen molar-refractivity contribution in [1.82, 2.24) is 0 Å². The molecule has 0 heterocycles. The Morgan fingerprint density at radius 2 is 1.67 bits per heavy atom. The molecule has 0 atom stereocenters. The van der Waals surface area contributed by atoms with Crippen LogP contribution >= 0.6 is 0 Å². The van der Waals surface area contributed by atoms with Crippen molar-refractivity contribution >= 4 is 22.6 Å². The summed E-state index contributed by atoms with van der Waals surface area (Å²) in [4.78, 5) is 23.7. The second kappa shape index (κ2) is 6.39. The molecule has 2 aromatic carbocycles. The molecular weight excluding hydrogens is 264 g/mol. The van der Waals surface area contributed by atoms with E-state index >= 15 is 0 Å². The van der Waals surface area contributed by atoms with E-state index in [1.807, 2.05) is 24.3 Å². The molecule has 0 aromatic heterocycles. The van der Waals surface area contributed by atoms with Gasteiger partial charge in [-0.05, 0) is 29.2 Å². The Hall–Kier alpha value is -2.36. The van der Waals surface area contributed by atoms with Gasteiger partial charge in [-0.1, -0.05) is 50.1 Å². The van der Waals surface area contributed by atoms with Crippen LogP contribution in [0.2, 0.25) is 0 Å². The van der Waals surface area contributed by atoms with E-state index in [-0.39, 0.29) is 11.1 Å². The number of fused-ring (bicyclic) bond motifs is 1. The van der Waals surface area contributed by atoms with Crippen LogP contribution in [0, 0.1) is 0 Å². The van der Waals surface area contributed by atoms with Crippen LogP contribution in [-0.2, 0) is 6.42 Å². The number of unbranched alkanes of at least 4 members (excludes halogenated alkanes) is 2. The molecule has 0 aliphatic rings. The van der Waals surface area contributed by atoms with E-state index in [0.29, 0.717) is 5.39 Å². The first-order valence-corrected chi connectivity index (χ1v) is 7.20. The van der Waals surface area contributed by atoms with Crippen molar-refractivity contribution in [3.05, 3.63) is 47.0 Å². The summed E-state index contributed by atoms with van der Waals surface area (Å²) < 4.78 is 0. The molecule has 0 unspecified atom stereocenters. The lowest BCUT2D eigenvalue weighted by Gasteiger charge is -2.14. The Morgan fingerprint density at radius 1 is 1.00 bits per heavy atom. The van der Waals surface area contributed by atoms with E-state index < -0.39 is 11.8 Å². The normalized spacial score (nSPS) is 10.7. The summed E-state index contributed by atoms with van der Waals surface area (Å²) in [6.45, 7) is 2.12. The topological polar surface area (TPSA) is 86.2 Å². The molecule has 2 amide bonds. The van der Waals surface area contributed by atoms with E-state index in [4.69, 9.17) is 11.5 Å². The summed E-state index contributed by atoms with van der Waals surface area (Å²) in [6.07, 6.45) is 3.82. The maximum atomic E-state index is 11.8. The van der Waals surface area contributed by atoms with Gasteiger partial charge in [0.15, 0.2) is 0 Å². The van der Waals surface area contributed by atoms with Crippen LogP contribution in [0.3, 0.4) is 0 Å². The minimum Gasteiger partial charge on any atom is -0.366 e. The Balaban J connectivity index is 2.68. The second-order valence-corrected chi connectivity index (χ2v) is 5.19. The smallest absolute Gasteiger partial charge is 0.250 e. The summed E-state index contributed by atoms with van der Waals surface area (Å²) in [5, 5.41) is 1.58. The van der Waals surface area contributed by atoms with Crippen molar-refractivity contribution in [2.24, 2.45) is 11.5 Å². The first kappa shape index (κ1) is 15.0. The van der Waals surface area contributed by atoms with Crippen LogP contribution in [0.5, 0.6) is 0 Å². The molecule has 4 heteroatoms. The summed E-state index contributed by atoms with van der Waals surface area (Å²) >= 11 is 0. The Bertz CT molecular complexity index is 692. The molecule has 0 saturated heterocycles. The second-order valence-electron chi connectivity index (χ2n) is 5.19. The van der Waals surface area contributed by atoms with Gasteiger partial charge in [0.05, 0.1) is 11.1 Å². The van der Waals surface area contributed by atoms with Gasteiger partial charge in [-0.15, -0.1) is 0 Å². The number of hydrogen-bond donors (Lipinski definition) is 2. The van der Waals surface area contributed by atoms with Crippen molar-refractivity contribution in [1.29, 1.82) is 0 Å². The van der Waals surface area contributed by atoms with Crippen LogP contribution in [0.4, 0.5) is 0 Å². The highest BCUT2D eigenvalue weighted by Crippen LogP contribution is 2.27.